The highest BCUT2D eigenvalue weighted by Gasteiger charge is 2.34. The van der Waals surface area contributed by atoms with Crippen LogP contribution in [0.1, 0.15) is 18.4 Å². The van der Waals surface area contributed by atoms with Gasteiger partial charge in [0.05, 0.1) is 5.56 Å². The largest absolute Gasteiger partial charge is 0.419 e. The van der Waals surface area contributed by atoms with Crippen LogP contribution in [0.15, 0.2) is 18.3 Å². The number of alkyl halides is 3. The van der Waals surface area contributed by atoms with Gasteiger partial charge < -0.3 is 10.6 Å². The van der Waals surface area contributed by atoms with E-state index in [1.54, 1.807) is 0 Å². The summed E-state index contributed by atoms with van der Waals surface area (Å²) in [5, 5.41) is 5.25. The van der Waals surface area contributed by atoms with Crippen molar-refractivity contribution in [2.75, 3.05) is 18.4 Å². The van der Waals surface area contributed by atoms with E-state index < -0.39 is 11.7 Å². The van der Waals surface area contributed by atoms with Crippen molar-refractivity contribution in [3.05, 3.63) is 23.9 Å². The minimum Gasteiger partial charge on any atom is -0.368 e. The van der Waals surface area contributed by atoms with Crippen molar-refractivity contribution >= 4 is 11.7 Å². The van der Waals surface area contributed by atoms with E-state index in [-0.39, 0.29) is 30.7 Å². The molecule has 0 aliphatic heterocycles. The third-order valence-electron chi connectivity index (χ3n) is 2.78. The molecule has 1 fully saturated rings. The second-order valence-corrected chi connectivity index (χ2v) is 4.39. The van der Waals surface area contributed by atoms with E-state index in [4.69, 9.17) is 0 Å². The molecule has 0 radical (unpaired) electrons. The van der Waals surface area contributed by atoms with Crippen molar-refractivity contribution in [3.8, 4) is 0 Å². The van der Waals surface area contributed by atoms with Gasteiger partial charge in [0.25, 0.3) is 0 Å². The Labute approximate surface area is 108 Å². The Morgan fingerprint density at radius 2 is 2.11 bits per heavy atom. The maximum Gasteiger partial charge on any atom is 0.419 e. The Balaban J connectivity index is 1.83. The molecule has 0 bridgehead atoms. The second-order valence-electron chi connectivity index (χ2n) is 4.39. The molecule has 0 unspecified atom stereocenters. The lowest BCUT2D eigenvalue weighted by Gasteiger charge is -2.13. The summed E-state index contributed by atoms with van der Waals surface area (Å²) < 4.78 is 38.0. The first-order valence-corrected chi connectivity index (χ1v) is 6.02. The lowest BCUT2D eigenvalue weighted by molar-refractivity contribution is -0.137. The number of hydrogen-bond acceptors (Lipinski definition) is 3. The maximum atomic E-state index is 12.7. The van der Waals surface area contributed by atoms with Crippen LogP contribution < -0.4 is 10.6 Å². The van der Waals surface area contributed by atoms with Gasteiger partial charge in [-0.2, -0.15) is 13.2 Å². The molecule has 2 N–H and O–H groups in total. The summed E-state index contributed by atoms with van der Waals surface area (Å²) in [5.74, 6) is -0.143. The van der Waals surface area contributed by atoms with Gasteiger partial charge in [-0.15, -0.1) is 0 Å². The summed E-state index contributed by atoms with van der Waals surface area (Å²) in [6.07, 6.45) is -1.34. The first-order chi connectivity index (χ1) is 8.98. The molecule has 19 heavy (non-hydrogen) atoms. The van der Waals surface area contributed by atoms with Gasteiger partial charge in [-0.3, -0.25) is 4.79 Å². The van der Waals surface area contributed by atoms with Gasteiger partial charge in [-0.25, -0.2) is 4.98 Å². The van der Waals surface area contributed by atoms with Crippen molar-refractivity contribution in [1.29, 1.82) is 0 Å². The summed E-state index contributed by atoms with van der Waals surface area (Å²) in [6, 6.07) is 2.21. The molecule has 1 aromatic rings. The van der Waals surface area contributed by atoms with E-state index in [9.17, 15) is 18.0 Å². The van der Waals surface area contributed by atoms with Crippen LogP contribution in [0.3, 0.4) is 0 Å². The number of nitrogens with one attached hydrogen (secondary N) is 2. The zero-order valence-corrected chi connectivity index (χ0v) is 10.1. The number of nitrogens with zero attached hydrogens (tertiary/aromatic N) is 1. The monoisotopic (exact) mass is 273 g/mol. The van der Waals surface area contributed by atoms with Crippen LogP contribution in [-0.4, -0.2) is 24.0 Å². The molecule has 104 valence electrons. The average molecular weight is 273 g/mol. The van der Waals surface area contributed by atoms with Crippen LogP contribution >= 0.6 is 0 Å². The molecular formula is C12H14F3N3O. The van der Waals surface area contributed by atoms with Crippen molar-refractivity contribution in [3.63, 3.8) is 0 Å². The van der Waals surface area contributed by atoms with Gasteiger partial charge in [0, 0.05) is 25.2 Å². The molecule has 1 amide bonds. The molecular weight excluding hydrogens is 259 g/mol. The predicted octanol–water partition coefficient (Wildman–Crippen LogP) is 2.04. The fourth-order valence-corrected chi connectivity index (χ4v) is 1.63. The molecule has 0 aromatic carbocycles. The van der Waals surface area contributed by atoms with Crippen LogP contribution in [0, 0.1) is 5.92 Å². The molecule has 0 saturated heterocycles. The topological polar surface area (TPSA) is 54.0 Å². The van der Waals surface area contributed by atoms with Crippen LogP contribution in [-0.2, 0) is 11.0 Å². The molecule has 4 nitrogen and oxygen atoms in total. The molecule has 7 heteroatoms. The van der Waals surface area contributed by atoms with Gasteiger partial charge in [0.2, 0.25) is 5.91 Å². The van der Waals surface area contributed by atoms with Gasteiger partial charge in [-0.1, -0.05) is 0 Å². The van der Waals surface area contributed by atoms with Crippen molar-refractivity contribution < 1.29 is 18.0 Å². The molecule has 1 aliphatic rings. The first-order valence-electron chi connectivity index (χ1n) is 6.02. The molecule has 2 rings (SSSR count). The zero-order chi connectivity index (χ0) is 13.9. The van der Waals surface area contributed by atoms with Crippen molar-refractivity contribution in [2.45, 2.75) is 19.0 Å². The first kappa shape index (κ1) is 13.6. The molecule has 1 aliphatic carbocycles. The highest BCUT2D eigenvalue weighted by molar-refractivity contribution is 5.80. The summed E-state index contributed by atoms with van der Waals surface area (Å²) >= 11 is 0. The standard InChI is InChI=1S/C12H14F3N3O/c13-12(14,15)9-2-1-5-16-10(9)17-6-7-18-11(19)8-3-4-8/h1-2,5,8H,3-4,6-7H2,(H,16,17)(H,18,19). The maximum absolute atomic E-state index is 12.7. The molecule has 1 heterocycles. The van der Waals surface area contributed by atoms with E-state index >= 15 is 0 Å². The van der Waals surface area contributed by atoms with Gasteiger partial charge in [0.15, 0.2) is 0 Å². The average Bonchev–Trinajstić information content (AvgIpc) is 3.18. The minimum absolute atomic E-state index is 0.0288. The Bertz CT molecular complexity index is 458. The SMILES string of the molecule is O=C(NCCNc1ncccc1C(F)(F)F)C1CC1. The van der Waals surface area contributed by atoms with E-state index in [1.807, 2.05) is 0 Å². The lowest BCUT2D eigenvalue weighted by atomic mass is 10.2. The Morgan fingerprint density at radius 1 is 1.37 bits per heavy atom. The van der Waals surface area contributed by atoms with E-state index in [0.29, 0.717) is 0 Å². The number of hydrogen-bond donors (Lipinski definition) is 2. The van der Waals surface area contributed by atoms with E-state index in [0.717, 1.165) is 18.9 Å². The van der Waals surface area contributed by atoms with E-state index in [2.05, 4.69) is 15.6 Å². The fourth-order valence-electron chi connectivity index (χ4n) is 1.63. The van der Waals surface area contributed by atoms with Gasteiger partial charge in [-0.05, 0) is 25.0 Å². The highest BCUT2D eigenvalue weighted by Crippen LogP contribution is 2.33. The van der Waals surface area contributed by atoms with Gasteiger partial charge >= 0.3 is 6.18 Å². The number of amides is 1. The van der Waals surface area contributed by atoms with Gasteiger partial charge in [0.1, 0.15) is 5.82 Å². The van der Waals surface area contributed by atoms with Crippen LogP contribution in [0.4, 0.5) is 19.0 Å². The van der Waals surface area contributed by atoms with Crippen LogP contribution in [0.25, 0.3) is 0 Å². The summed E-state index contributed by atoms with van der Waals surface area (Å²) in [6.45, 7) is 0.488. The lowest BCUT2D eigenvalue weighted by Crippen LogP contribution is -2.30. The normalized spacial score (nSPS) is 15.1. The summed E-state index contributed by atoms with van der Waals surface area (Å²) in [5.41, 5.74) is -0.802. The van der Waals surface area contributed by atoms with Crippen LogP contribution in [0.2, 0.25) is 0 Å². The van der Waals surface area contributed by atoms with Crippen molar-refractivity contribution in [2.24, 2.45) is 5.92 Å². The fraction of sp³-hybridized carbons (Fsp3) is 0.500. The Kier molecular flexibility index (Phi) is 3.92. The quantitative estimate of drug-likeness (QED) is 0.807. The molecule has 1 aromatic heterocycles. The number of carbonyl (C=O) groups excluding carboxylic acids is 1. The predicted molar refractivity (Wildman–Crippen MR) is 63.5 cm³/mol. The summed E-state index contributed by atoms with van der Waals surface area (Å²) in [4.78, 5) is 15.0. The second kappa shape index (κ2) is 5.46. The Morgan fingerprint density at radius 3 is 2.74 bits per heavy atom. The molecule has 0 atom stereocenters. The summed E-state index contributed by atoms with van der Waals surface area (Å²) in [7, 11) is 0. The number of aromatic nitrogens is 1. The number of rotatable bonds is 5. The number of carbonyl (C=O) groups is 1. The zero-order valence-electron chi connectivity index (χ0n) is 10.1. The van der Waals surface area contributed by atoms with Crippen molar-refractivity contribution in [1.82, 2.24) is 10.3 Å². The molecule has 0 spiro atoms. The third-order valence-corrected chi connectivity index (χ3v) is 2.78. The Hall–Kier alpha value is -1.79. The smallest absolute Gasteiger partial charge is 0.368 e. The number of pyridine rings is 1. The third kappa shape index (κ3) is 3.84. The van der Waals surface area contributed by atoms with Crippen LogP contribution in [0.5, 0.6) is 0 Å². The molecule has 1 saturated carbocycles. The number of anilines is 1. The minimum atomic E-state index is -4.44. The van der Waals surface area contributed by atoms with E-state index in [1.165, 1.54) is 12.3 Å². The highest BCUT2D eigenvalue weighted by atomic mass is 19.4. The number of halogens is 3.